The Bertz CT molecular complexity index is 1270. The monoisotopic (exact) mass is 443 g/mol. The molecule has 4 rings (SSSR count). The van der Waals surface area contributed by atoms with Crippen LogP contribution in [0.15, 0.2) is 35.1 Å². The molecule has 1 amide bonds. The lowest BCUT2D eigenvalue weighted by molar-refractivity contribution is 0.0958. The number of aromatic amines is 1. The van der Waals surface area contributed by atoms with Crippen molar-refractivity contribution in [3.63, 3.8) is 0 Å². The first-order valence-corrected chi connectivity index (χ1v) is 10.5. The molecule has 0 atom stereocenters. The van der Waals surface area contributed by atoms with Gasteiger partial charge in [-0.15, -0.1) is 0 Å². The maximum Gasteiger partial charge on any atom is 0.270 e. The van der Waals surface area contributed by atoms with Crippen molar-refractivity contribution in [3.05, 3.63) is 62.8 Å². The van der Waals surface area contributed by atoms with Crippen molar-refractivity contribution in [2.45, 2.75) is 19.9 Å². The van der Waals surface area contributed by atoms with E-state index in [1.807, 2.05) is 30.4 Å². The molecule has 0 bridgehead atoms. The number of benzene rings is 1. The number of hydrogen-bond acceptors (Lipinski definition) is 6. The Balaban J connectivity index is 1.39. The van der Waals surface area contributed by atoms with Crippen molar-refractivity contribution < 1.29 is 8.91 Å². The number of H-pyrrole nitrogens is 1. The normalized spacial score (nSPS) is 16.6. The molecule has 0 unspecified atom stereocenters. The summed E-state index contributed by atoms with van der Waals surface area (Å²) >= 11 is 6.31. The van der Waals surface area contributed by atoms with Crippen LogP contribution in [-0.2, 0) is 13.0 Å². The largest absolute Gasteiger partial charge is 0.366 e. The lowest BCUT2D eigenvalue weighted by Crippen LogP contribution is -2.46. The third kappa shape index (κ3) is 4.55. The second-order valence-corrected chi connectivity index (χ2v) is 7.80. The second kappa shape index (κ2) is 9.03. The third-order valence-electron chi connectivity index (χ3n) is 5.46. The lowest BCUT2D eigenvalue weighted by atomic mass is 10.1. The van der Waals surface area contributed by atoms with Crippen molar-refractivity contribution in [2.24, 2.45) is 0 Å². The average molecular weight is 444 g/mol. The Labute approximate surface area is 189 Å². The molecule has 1 fully saturated rings. The molecule has 9 heteroatoms. The van der Waals surface area contributed by atoms with Gasteiger partial charge < -0.3 is 15.2 Å². The Morgan fingerprint density at radius 3 is 2.74 bits per heavy atom. The number of aryl methyl sites for hydroxylation is 1. The molecule has 0 saturated carbocycles. The number of rotatable bonds is 5. The van der Waals surface area contributed by atoms with Crippen LogP contribution in [0, 0.1) is 0 Å². The van der Waals surface area contributed by atoms with Crippen LogP contribution in [0.5, 0.6) is 0 Å². The number of halogens is 1. The number of nitrogens with zero attached hydrogens (tertiary/aromatic N) is 4. The standard InChI is InChI=1S/C22H25ClN6O2/c1-3-15-22(31)27-18-12-14(4-5-16(18)25-15)13-28-8-10-29(11-9-28)19-7-6-17(21(30)24-2)26-20(19)23/h4-7,12H,3,8-11,13H2,1-2H3,(H,24,30)(H,27,31)/i2D3. The first kappa shape index (κ1) is 17.7. The summed E-state index contributed by atoms with van der Waals surface area (Å²) in [5.41, 5.74) is 3.66. The van der Waals surface area contributed by atoms with Gasteiger partial charge in [-0.05, 0) is 36.2 Å². The van der Waals surface area contributed by atoms with Crippen LogP contribution in [0.2, 0.25) is 5.15 Å². The number of carbonyl (C=O) groups is 1. The molecule has 31 heavy (non-hydrogen) atoms. The number of nitrogens with one attached hydrogen (secondary N) is 2. The fourth-order valence-electron chi connectivity index (χ4n) is 3.77. The number of carbonyl (C=O) groups excluding carboxylic acids is 1. The van der Waals surface area contributed by atoms with E-state index >= 15 is 0 Å². The van der Waals surface area contributed by atoms with Crippen LogP contribution in [-0.4, -0.2) is 58.9 Å². The minimum Gasteiger partial charge on any atom is -0.366 e. The van der Waals surface area contributed by atoms with Gasteiger partial charge in [0.2, 0.25) is 0 Å². The summed E-state index contributed by atoms with van der Waals surface area (Å²) in [6.07, 6.45) is 0.592. The van der Waals surface area contributed by atoms with Gasteiger partial charge in [0.05, 0.1) is 16.7 Å². The van der Waals surface area contributed by atoms with E-state index in [1.165, 1.54) is 6.07 Å². The summed E-state index contributed by atoms with van der Waals surface area (Å²) in [6.45, 7) is 3.07. The average Bonchev–Trinajstić information content (AvgIpc) is 2.78. The zero-order chi connectivity index (χ0) is 24.5. The van der Waals surface area contributed by atoms with Crippen LogP contribution in [0.3, 0.4) is 0 Å². The van der Waals surface area contributed by atoms with Gasteiger partial charge in [0.1, 0.15) is 11.4 Å². The number of pyridine rings is 1. The van der Waals surface area contributed by atoms with Crippen molar-refractivity contribution >= 4 is 34.2 Å². The highest BCUT2D eigenvalue weighted by atomic mass is 35.5. The zero-order valence-electron chi connectivity index (χ0n) is 20.1. The number of anilines is 1. The first-order chi connectivity index (χ1) is 16.1. The summed E-state index contributed by atoms with van der Waals surface area (Å²) < 4.78 is 21.4. The molecule has 0 aliphatic carbocycles. The fraction of sp³-hybridized carbons (Fsp3) is 0.364. The Morgan fingerprint density at radius 1 is 1.23 bits per heavy atom. The van der Waals surface area contributed by atoms with Crippen molar-refractivity contribution in [2.75, 3.05) is 38.1 Å². The minimum absolute atomic E-state index is 0.0431. The van der Waals surface area contributed by atoms with E-state index in [0.717, 1.165) is 36.2 Å². The van der Waals surface area contributed by atoms with E-state index in [1.54, 1.807) is 6.07 Å². The highest BCUT2D eigenvalue weighted by Gasteiger charge is 2.20. The van der Waals surface area contributed by atoms with Crippen LogP contribution in [0.4, 0.5) is 5.69 Å². The molecule has 1 aromatic carbocycles. The quantitative estimate of drug-likeness (QED) is 0.587. The maximum absolute atomic E-state index is 12.1. The van der Waals surface area contributed by atoms with E-state index in [9.17, 15) is 9.59 Å². The first-order valence-electron chi connectivity index (χ1n) is 11.6. The van der Waals surface area contributed by atoms with Gasteiger partial charge in [-0.1, -0.05) is 24.6 Å². The van der Waals surface area contributed by atoms with E-state index in [0.29, 0.717) is 30.9 Å². The third-order valence-corrected chi connectivity index (χ3v) is 5.73. The molecule has 0 spiro atoms. The second-order valence-electron chi connectivity index (χ2n) is 7.44. The van der Waals surface area contributed by atoms with Gasteiger partial charge in [0, 0.05) is 43.8 Å². The molecule has 8 nitrogen and oxygen atoms in total. The van der Waals surface area contributed by atoms with Crippen LogP contribution < -0.4 is 15.8 Å². The zero-order valence-corrected chi connectivity index (χ0v) is 17.9. The van der Waals surface area contributed by atoms with E-state index in [2.05, 4.69) is 24.8 Å². The van der Waals surface area contributed by atoms with E-state index < -0.39 is 12.9 Å². The van der Waals surface area contributed by atoms with Gasteiger partial charge in [0.15, 0.2) is 5.15 Å². The minimum atomic E-state index is -2.59. The lowest BCUT2D eigenvalue weighted by Gasteiger charge is -2.36. The fourth-order valence-corrected chi connectivity index (χ4v) is 4.04. The SMILES string of the molecule is [2H]C([2H])([2H])NC(=O)c1ccc(N2CCN(Cc3ccc4nc(CC)c(=O)[nH]c4c3)CC2)c(Cl)n1. The summed E-state index contributed by atoms with van der Waals surface area (Å²) in [5, 5.41) is 2.06. The van der Waals surface area contributed by atoms with Crippen LogP contribution >= 0.6 is 11.6 Å². The predicted molar refractivity (Wildman–Crippen MR) is 122 cm³/mol. The number of hydrogen-bond donors (Lipinski definition) is 2. The molecule has 1 aliphatic heterocycles. The maximum atomic E-state index is 12.1. The molecule has 1 aliphatic rings. The van der Waals surface area contributed by atoms with Gasteiger partial charge in [-0.2, -0.15) is 0 Å². The Kier molecular flexibility index (Phi) is 5.15. The van der Waals surface area contributed by atoms with Gasteiger partial charge in [-0.25, -0.2) is 9.97 Å². The number of fused-ring (bicyclic) bond motifs is 1. The van der Waals surface area contributed by atoms with Crippen molar-refractivity contribution in [1.29, 1.82) is 0 Å². The molecular formula is C22H25ClN6O2. The molecule has 3 heterocycles. The smallest absolute Gasteiger partial charge is 0.270 e. The van der Waals surface area contributed by atoms with Crippen molar-refractivity contribution in [1.82, 2.24) is 25.2 Å². The predicted octanol–water partition coefficient (Wildman–Crippen LogP) is 2.22. The summed E-state index contributed by atoms with van der Waals surface area (Å²) in [4.78, 5) is 39.9. The highest BCUT2D eigenvalue weighted by Crippen LogP contribution is 2.25. The van der Waals surface area contributed by atoms with Gasteiger partial charge in [0.25, 0.3) is 11.5 Å². The summed E-state index contributed by atoms with van der Waals surface area (Å²) in [5.74, 6) is -0.795. The molecule has 0 radical (unpaired) electrons. The molecule has 2 N–H and O–H groups in total. The Hall–Kier alpha value is -2.97. The highest BCUT2D eigenvalue weighted by molar-refractivity contribution is 6.32. The van der Waals surface area contributed by atoms with Crippen molar-refractivity contribution in [3.8, 4) is 0 Å². The number of amides is 1. The van der Waals surface area contributed by atoms with E-state index in [4.69, 9.17) is 15.7 Å². The molecule has 2 aromatic heterocycles. The number of aromatic nitrogens is 3. The topological polar surface area (TPSA) is 94.2 Å². The van der Waals surface area contributed by atoms with Gasteiger partial charge >= 0.3 is 0 Å². The molecule has 162 valence electrons. The van der Waals surface area contributed by atoms with Crippen LogP contribution in [0.25, 0.3) is 11.0 Å². The Morgan fingerprint density at radius 2 is 2.03 bits per heavy atom. The van der Waals surface area contributed by atoms with E-state index in [-0.39, 0.29) is 16.4 Å². The summed E-state index contributed by atoms with van der Waals surface area (Å²) in [6, 6.07) is 9.10. The molecule has 3 aromatic rings. The van der Waals surface area contributed by atoms with Gasteiger partial charge in [-0.3, -0.25) is 14.5 Å². The number of piperazine rings is 1. The van der Waals surface area contributed by atoms with Crippen LogP contribution in [0.1, 0.15) is 32.8 Å². The summed E-state index contributed by atoms with van der Waals surface area (Å²) in [7, 11) is 0. The molecule has 1 saturated heterocycles. The molecular weight excluding hydrogens is 416 g/mol.